The molecule has 0 aliphatic rings. The Labute approximate surface area is 128 Å². The minimum absolute atomic E-state index is 0.00894. The molecule has 0 spiro atoms. The molecular weight excluding hydrogens is 280 g/mol. The Kier molecular flexibility index (Phi) is 3.16. The highest BCUT2D eigenvalue weighted by Crippen LogP contribution is 2.37. The molecular formula is C16H18N4O2. The van der Waals surface area contributed by atoms with Crippen LogP contribution in [0.3, 0.4) is 0 Å². The number of imidazole rings is 1. The van der Waals surface area contributed by atoms with E-state index in [0.29, 0.717) is 17.1 Å². The van der Waals surface area contributed by atoms with Gasteiger partial charge in [-0.25, -0.2) is 4.98 Å². The third kappa shape index (κ3) is 2.13. The lowest BCUT2D eigenvalue weighted by atomic mass is 10.1. The summed E-state index contributed by atoms with van der Waals surface area (Å²) in [6, 6.07) is 5.34. The monoisotopic (exact) mass is 298 g/mol. The summed E-state index contributed by atoms with van der Waals surface area (Å²) in [5, 5.41) is 10.4. The number of aromatic amines is 1. The molecule has 114 valence electrons. The van der Waals surface area contributed by atoms with Gasteiger partial charge in [0.2, 0.25) is 0 Å². The molecule has 6 heteroatoms. The summed E-state index contributed by atoms with van der Waals surface area (Å²) in [5.74, 6) is 0.761. The van der Waals surface area contributed by atoms with Gasteiger partial charge in [-0.15, -0.1) is 0 Å². The molecule has 22 heavy (non-hydrogen) atoms. The van der Waals surface area contributed by atoms with Gasteiger partial charge in [0.1, 0.15) is 5.69 Å². The number of anilines is 1. The molecule has 0 radical (unpaired) electrons. The SMILES string of the molecule is CC(=O)c1ccc2nc(-c3c(O)c(N(C)C)cn3C)[nH]c2c1. The predicted molar refractivity (Wildman–Crippen MR) is 86.5 cm³/mol. The van der Waals surface area contributed by atoms with Crippen LogP contribution in [0, 0.1) is 0 Å². The number of fused-ring (bicyclic) bond motifs is 1. The van der Waals surface area contributed by atoms with Crippen LogP contribution in [0.5, 0.6) is 5.75 Å². The van der Waals surface area contributed by atoms with E-state index in [1.54, 1.807) is 18.2 Å². The number of nitrogens with one attached hydrogen (secondary N) is 1. The number of Topliss-reactive ketones (excluding diaryl/α,β-unsaturated/α-hetero) is 1. The Morgan fingerprint density at radius 1 is 1.36 bits per heavy atom. The normalized spacial score (nSPS) is 11.1. The Balaban J connectivity index is 2.17. The highest BCUT2D eigenvalue weighted by molar-refractivity contribution is 5.97. The van der Waals surface area contributed by atoms with Crippen molar-refractivity contribution in [2.45, 2.75) is 6.92 Å². The molecule has 0 unspecified atom stereocenters. The molecule has 2 heterocycles. The Bertz CT molecular complexity index is 874. The zero-order valence-corrected chi connectivity index (χ0v) is 13.0. The maximum Gasteiger partial charge on any atom is 0.168 e. The van der Waals surface area contributed by atoms with Gasteiger partial charge in [0.25, 0.3) is 0 Å². The van der Waals surface area contributed by atoms with E-state index in [4.69, 9.17) is 0 Å². The molecule has 3 rings (SSSR count). The second kappa shape index (κ2) is 4.91. The van der Waals surface area contributed by atoms with E-state index in [1.165, 1.54) is 6.92 Å². The molecule has 0 aliphatic heterocycles. The van der Waals surface area contributed by atoms with Crippen LogP contribution in [0.15, 0.2) is 24.4 Å². The smallest absolute Gasteiger partial charge is 0.168 e. The van der Waals surface area contributed by atoms with E-state index in [-0.39, 0.29) is 11.5 Å². The molecule has 1 aromatic carbocycles. The Morgan fingerprint density at radius 3 is 2.68 bits per heavy atom. The first-order chi connectivity index (χ1) is 10.4. The van der Waals surface area contributed by atoms with Gasteiger partial charge in [-0.1, -0.05) is 0 Å². The molecule has 2 aromatic heterocycles. The fourth-order valence-electron chi connectivity index (χ4n) is 2.54. The summed E-state index contributed by atoms with van der Waals surface area (Å²) in [7, 11) is 5.60. The number of carbonyl (C=O) groups excluding carboxylic acids is 1. The second-order valence-electron chi connectivity index (χ2n) is 5.59. The lowest BCUT2D eigenvalue weighted by Crippen LogP contribution is -2.07. The molecule has 0 saturated heterocycles. The highest BCUT2D eigenvalue weighted by Gasteiger charge is 2.19. The van der Waals surface area contributed by atoms with Gasteiger partial charge in [0, 0.05) is 32.9 Å². The molecule has 0 amide bonds. The van der Waals surface area contributed by atoms with E-state index < -0.39 is 0 Å². The average molecular weight is 298 g/mol. The van der Waals surface area contributed by atoms with Crippen molar-refractivity contribution in [2.75, 3.05) is 19.0 Å². The average Bonchev–Trinajstić information content (AvgIpc) is 2.98. The minimum Gasteiger partial charge on any atom is -0.504 e. The fraction of sp³-hybridized carbons (Fsp3) is 0.250. The van der Waals surface area contributed by atoms with Crippen LogP contribution in [-0.2, 0) is 7.05 Å². The first kappa shape index (κ1) is 14.2. The van der Waals surface area contributed by atoms with Crippen molar-refractivity contribution in [1.82, 2.24) is 14.5 Å². The van der Waals surface area contributed by atoms with Crippen molar-refractivity contribution in [2.24, 2.45) is 7.05 Å². The minimum atomic E-state index is 0.00894. The summed E-state index contributed by atoms with van der Waals surface area (Å²) in [6.45, 7) is 1.53. The predicted octanol–water partition coefficient (Wildman–Crippen LogP) is 2.54. The van der Waals surface area contributed by atoms with E-state index in [9.17, 15) is 9.90 Å². The van der Waals surface area contributed by atoms with Crippen molar-refractivity contribution in [1.29, 1.82) is 0 Å². The quantitative estimate of drug-likeness (QED) is 0.729. The van der Waals surface area contributed by atoms with Crippen molar-refractivity contribution in [3.05, 3.63) is 30.0 Å². The van der Waals surface area contributed by atoms with Crippen LogP contribution in [0.2, 0.25) is 0 Å². The molecule has 3 aromatic rings. The maximum atomic E-state index is 11.5. The number of hydrogen-bond acceptors (Lipinski definition) is 4. The van der Waals surface area contributed by atoms with E-state index in [2.05, 4.69) is 9.97 Å². The third-order valence-electron chi connectivity index (χ3n) is 3.73. The summed E-state index contributed by atoms with van der Waals surface area (Å²) < 4.78 is 1.83. The molecule has 6 nitrogen and oxygen atoms in total. The number of nitrogens with zero attached hydrogens (tertiary/aromatic N) is 3. The first-order valence-corrected chi connectivity index (χ1v) is 6.95. The lowest BCUT2D eigenvalue weighted by Gasteiger charge is -2.09. The summed E-state index contributed by atoms with van der Waals surface area (Å²) >= 11 is 0. The number of hydrogen-bond donors (Lipinski definition) is 2. The van der Waals surface area contributed by atoms with Crippen molar-refractivity contribution in [3.63, 3.8) is 0 Å². The number of carbonyl (C=O) groups is 1. The second-order valence-corrected chi connectivity index (χ2v) is 5.59. The summed E-state index contributed by atoms with van der Waals surface area (Å²) in [6.07, 6.45) is 1.85. The van der Waals surface area contributed by atoms with E-state index >= 15 is 0 Å². The van der Waals surface area contributed by atoms with E-state index in [1.807, 2.05) is 36.8 Å². The number of H-pyrrole nitrogens is 1. The van der Waals surface area contributed by atoms with Gasteiger partial charge in [-0.2, -0.15) is 0 Å². The van der Waals surface area contributed by atoms with E-state index in [0.717, 1.165) is 16.7 Å². The standard InChI is InChI=1S/C16H18N4O2/c1-9(21)10-5-6-11-12(7-10)18-16(17-11)14-15(22)13(19(2)3)8-20(14)4/h5-8,22H,1-4H3,(H,17,18). The number of rotatable bonds is 3. The molecule has 0 aliphatic carbocycles. The number of ketones is 1. The van der Waals surface area contributed by atoms with Crippen molar-refractivity contribution < 1.29 is 9.90 Å². The molecule has 0 atom stereocenters. The van der Waals surface area contributed by atoms with Gasteiger partial charge in [0.15, 0.2) is 17.4 Å². The zero-order chi connectivity index (χ0) is 16.0. The van der Waals surface area contributed by atoms with Crippen LogP contribution in [0.4, 0.5) is 5.69 Å². The largest absolute Gasteiger partial charge is 0.504 e. The fourth-order valence-corrected chi connectivity index (χ4v) is 2.54. The maximum absolute atomic E-state index is 11.5. The number of aromatic hydroxyl groups is 1. The summed E-state index contributed by atoms with van der Waals surface area (Å²) in [5.41, 5.74) is 3.50. The third-order valence-corrected chi connectivity index (χ3v) is 3.73. The number of aromatic nitrogens is 3. The molecule has 0 saturated carbocycles. The van der Waals surface area contributed by atoms with Gasteiger partial charge < -0.3 is 19.6 Å². The summed E-state index contributed by atoms with van der Waals surface area (Å²) in [4.78, 5) is 21.0. The Hall–Kier alpha value is -2.76. The number of benzene rings is 1. The molecule has 0 bridgehead atoms. The number of aryl methyl sites for hydroxylation is 1. The van der Waals surface area contributed by atoms with Crippen LogP contribution in [0.1, 0.15) is 17.3 Å². The van der Waals surface area contributed by atoms with Crippen LogP contribution < -0.4 is 4.90 Å². The highest BCUT2D eigenvalue weighted by atomic mass is 16.3. The van der Waals surface area contributed by atoms with Gasteiger partial charge in [-0.05, 0) is 25.1 Å². The van der Waals surface area contributed by atoms with Crippen LogP contribution in [-0.4, -0.2) is 39.5 Å². The van der Waals surface area contributed by atoms with Crippen molar-refractivity contribution >= 4 is 22.5 Å². The zero-order valence-electron chi connectivity index (χ0n) is 13.0. The Morgan fingerprint density at radius 2 is 2.09 bits per heavy atom. The lowest BCUT2D eigenvalue weighted by molar-refractivity contribution is 0.101. The topological polar surface area (TPSA) is 74.2 Å². The first-order valence-electron chi connectivity index (χ1n) is 6.95. The van der Waals surface area contributed by atoms with Gasteiger partial charge in [-0.3, -0.25) is 4.79 Å². The molecule has 2 N–H and O–H groups in total. The molecule has 0 fully saturated rings. The van der Waals surface area contributed by atoms with Crippen LogP contribution >= 0.6 is 0 Å². The van der Waals surface area contributed by atoms with Crippen LogP contribution in [0.25, 0.3) is 22.6 Å². The van der Waals surface area contributed by atoms with Crippen molar-refractivity contribution in [3.8, 4) is 17.3 Å². The van der Waals surface area contributed by atoms with Gasteiger partial charge in [0.05, 0.1) is 16.7 Å². The van der Waals surface area contributed by atoms with Gasteiger partial charge >= 0.3 is 0 Å².